The van der Waals surface area contributed by atoms with Crippen molar-refractivity contribution < 1.29 is 14.3 Å². The van der Waals surface area contributed by atoms with E-state index >= 15 is 0 Å². The molecule has 0 spiro atoms. The quantitative estimate of drug-likeness (QED) is 0.865. The van der Waals surface area contributed by atoms with Crippen LogP contribution in [0.25, 0.3) is 0 Å². The van der Waals surface area contributed by atoms with Crippen LogP contribution in [0.5, 0.6) is 5.75 Å². The maximum atomic E-state index is 13.6. The second kappa shape index (κ2) is 6.54. The van der Waals surface area contributed by atoms with Gasteiger partial charge in [-0.05, 0) is 52.5 Å². The number of nitrogens with zero attached hydrogens (tertiary/aromatic N) is 2. The number of carbonyl (C=O) groups is 1. The molecule has 1 saturated heterocycles. The molecule has 21 heavy (non-hydrogen) atoms. The Morgan fingerprint density at radius 2 is 2.24 bits per heavy atom. The highest BCUT2D eigenvalue weighted by Gasteiger charge is 2.23. The number of benzene rings is 1. The van der Waals surface area contributed by atoms with E-state index in [1.807, 2.05) is 7.05 Å². The highest BCUT2D eigenvalue weighted by molar-refractivity contribution is 5.97. The molecule has 0 bridgehead atoms. The average Bonchev–Trinajstić information content (AvgIpc) is 2.42. The van der Waals surface area contributed by atoms with Crippen LogP contribution in [0.2, 0.25) is 0 Å². The van der Waals surface area contributed by atoms with Gasteiger partial charge in [0.1, 0.15) is 11.6 Å². The summed E-state index contributed by atoms with van der Waals surface area (Å²) in [5.74, 6) is -0.907. The van der Waals surface area contributed by atoms with Crippen molar-refractivity contribution in [3.05, 3.63) is 29.1 Å². The Morgan fingerprint density at radius 1 is 1.52 bits per heavy atom. The Hall–Kier alpha value is -1.46. The molecule has 1 unspecified atom stereocenters. The molecule has 2 rings (SSSR count). The van der Waals surface area contributed by atoms with E-state index in [-0.39, 0.29) is 17.1 Å². The number of likely N-dealkylation sites (N-methyl/N-ethyl adjacent to an activating group) is 2. The Morgan fingerprint density at radius 3 is 2.86 bits per heavy atom. The number of likely N-dealkylation sites (tertiary alicyclic amines) is 1. The van der Waals surface area contributed by atoms with Crippen LogP contribution in [0.3, 0.4) is 0 Å². The number of hydrogen-bond donors (Lipinski definition) is 1. The summed E-state index contributed by atoms with van der Waals surface area (Å²) in [6.45, 7) is 3.83. The van der Waals surface area contributed by atoms with Gasteiger partial charge in [0, 0.05) is 24.7 Å². The lowest BCUT2D eigenvalue weighted by atomic mass is 10.0. The molecular weight excluding hydrogens is 271 g/mol. The fourth-order valence-electron chi connectivity index (χ4n) is 2.94. The van der Waals surface area contributed by atoms with Gasteiger partial charge >= 0.3 is 0 Å². The molecule has 0 saturated carbocycles. The summed E-state index contributed by atoms with van der Waals surface area (Å²) in [5.41, 5.74) is 0.523. The molecule has 4 nitrogen and oxygen atoms in total. The van der Waals surface area contributed by atoms with Crippen molar-refractivity contribution in [2.75, 3.05) is 27.2 Å². The number of ketones is 1. The summed E-state index contributed by atoms with van der Waals surface area (Å²) in [6.07, 6.45) is 2.23. The fraction of sp³-hybridized carbons (Fsp3) is 0.562. The second-order valence-electron chi connectivity index (χ2n) is 5.99. The lowest BCUT2D eigenvalue weighted by molar-refractivity contribution is 0.101. The molecule has 1 heterocycles. The topological polar surface area (TPSA) is 43.8 Å². The first-order valence-electron chi connectivity index (χ1n) is 7.29. The van der Waals surface area contributed by atoms with Crippen LogP contribution in [0.15, 0.2) is 12.1 Å². The van der Waals surface area contributed by atoms with E-state index < -0.39 is 5.82 Å². The molecule has 1 aromatic carbocycles. The molecule has 0 aromatic heterocycles. The van der Waals surface area contributed by atoms with E-state index in [1.165, 1.54) is 13.0 Å². The first-order valence-corrected chi connectivity index (χ1v) is 7.29. The van der Waals surface area contributed by atoms with Crippen LogP contribution < -0.4 is 0 Å². The molecule has 1 fully saturated rings. The number of carbonyl (C=O) groups excluding carboxylic acids is 1. The van der Waals surface area contributed by atoms with Gasteiger partial charge in [-0.2, -0.15) is 0 Å². The summed E-state index contributed by atoms with van der Waals surface area (Å²) >= 11 is 0. The summed E-state index contributed by atoms with van der Waals surface area (Å²) in [5, 5.41) is 10.2. The standard InChI is InChI=1S/C16H23FN2O2/c1-11(20)15-8-13(17)7-12(16(15)21)9-19(3)14-5-4-6-18(2)10-14/h7-8,14,21H,4-6,9-10H2,1-3H3. The highest BCUT2D eigenvalue weighted by atomic mass is 19.1. The molecule has 1 aromatic rings. The maximum absolute atomic E-state index is 13.6. The minimum atomic E-state index is -0.484. The zero-order chi connectivity index (χ0) is 15.6. The summed E-state index contributed by atoms with van der Waals surface area (Å²) in [7, 11) is 4.06. The number of hydrogen-bond acceptors (Lipinski definition) is 4. The van der Waals surface area contributed by atoms with Crippen molar-refractivity contribution >= 4 is 5.78 Å². The zero-order valence-electron chi connectivity index (χ0n) is 12.9. The fourth-order valence-corrected chi connectivity index (χ4v) is 2.94. The zero-order valence-corrected chi connectivity index (χ0v) is 12.9. The molecule has 1 aliphatic heterocycles. The van der Waals surface area contributed by atoms with E-state index in [0.29, 0.717) is 18.2 Å². The summed E-state index contributed by atoms with van der Waals surface area (Å²) in [6, 6.07) is 2.78. The molecular formula is C16H23FN2O2. The first kappa shape index (κ1) is 15.9. The predicted molar refractivity (Wildman–Crippen MR) is 80.1 cm³/mol. The van der Waals surface area contributed by atoms with Gasteiger partial charge in [0.05, 0.1) is 5.56 Å². The van der Waals surface area contributed by atoms with Crippen molar-refractivity contribution in [2.45, 2.75) is 32.4 Å². The van der Waals surface area contributed by atoms with Gasteiger partial charge in [0.15, 0.2) is 5.78 Å². The second-order valence-corrected chi connectivity index (χ2v) is 5.99. The molecule has 1 N–H and O–H groups in total. The smallest absolute Gasteiger partial charge is 0.163 e. The SMILES string of the molecule is CC(=O)c1cc(F)cc(CN(C)C2CCCN(C)C2)c1O. The number of phenols is 1. The van der Waals surface area contributed by atoms with E-state index in [4.69, 9.17) is 0 Å². The summed E-state index contributed by atoms with van der Waals surface area (Å²) in [4.78, 5) is 15.8. The van der Waals surface area contributed by atoms with Gasteiger partial charge in [-0.3, -0.25) is 9.69 Å². The number of piperidine rings is 1. The van der Waals surface area contributed by atoms with Crippen LogP contribution in [0, 0.1) is 5.82 Å². The lowest BCUT2D eigenvalue weighted by Crippen LogP contribution is -2.44. The van der Waals surface area contributed by atoms with Gasteiger partial charge in [-0.1, -0.05) is 0 Å². The number of halogens is 1. The van der Waals surface area contributed by atoms with Crippen molar-refractivity contribution in [2.24, 2.45) is 0 Å². The molecule has 1 atom stereocenters. The van der Waals surface area contributed by atoms with E-state index in [1.54, 1.807) is 0 Å². The Labute approximate surface area is 125 Å². The number of aromatic hydroxyl groups is 1. The van der Waals surface area contributed by atoms with Crippen LogP contribution in [-0.4, -0.2) is 53.9 Å². The lowest BCUT2D eigenvalue weighted by Gasteiger charge is -2.36. The van der Waals surface area contributed by atoms with Gasteiger partial charge < -0.3 is 10.0 Å². The van der Waals surface area contributed by atoms with E-state index in [2.05, 4.69) is 16.8 Å². The highest BCUT2D eigenvalue weighted by Crippen LogP contribution is 2.27. The van der Waals surface area contributed by atoms with Crippen molar-refractivity contribution in [1.29, 1.82) is 0 Å². The largest absolute Gasteiger partial charge is 0.507 e. The average molecular weight is 294 g/mol. The van der Waals surface area contributed by atoms with Gasteiger partial charge in [-0.25, -0.2) is 4.39 Å². The number of Topliss-reactive ketones (excluding diaryl/α,β-unsaturated/α-hetero) is 1. The third kappa shape index (κ3) is 3.80. The van der Waals surface area contributed by atoms with E-state index in [0.717, 1.165) is 32.0 Å². The molecule has 1 aliphatic rings. The monoisotopic (exact) mass is 294 g/mol. The van der Waals surface area contributed by atoms with E-state index in [9.17, 15) is 14.3 Å². The van der Waals surface area contributed by atoms with Crippen LogP contribution in [-0.2, 0) is 6.54 Å². The van der Waals surface area contributed by atoms with Crippen LogP contribution in [0.1, 0.15) is 35.7 Å². The first-order chi connectivity index (χ1) is 9.88. The van der Waals surface area contributed by atoms with Gasteiger partial charge in [0.2, 0.25) is 0 Å². The van der Waals surface area contributed by atoms with Crippen LogP contribution in [0.4, 0.5) is 4.39 Å². The van der Waals surface area contributed by atoms with Crippen molar-refractivity contribution in [3.63, 3.8) is 0 Å². The normalized spacial score (nSPS) is 20.0. The molecule has 0 radical (unpaired) electrons. The third-order valence-electron chi connectivity index (χ3n) is 4.18. The minimum Gasteiger partial charge on any atom is -0.507 e. The molecule has 0 aliphatic carbocycles. The van der Waals surface area contributed by atoms with Crippen molar-refractivity contribution in [3.8, 4) is 5.75 Å². The maximum Gasteiger partial charge on any atom is 0.163 e. The predicted octanol–water partition coefficient (Wildman–Crippen LogP) is 2.26. The Kier molecular flexibility index (Phi) is 4.96. The third-order valence-corrected chi connectivity index (χ3v) is 4.18. The number of rotatable bonds is 4. The Balaban J connectivity index is 2.17. The number of phenolic OH excluding ortho intramolecular Hbond substituents is 1. The van der Waals surface area contributed by atoms with Gasteiger partial charge in [0.25, 0.3) is 0 Å². The van der Waals surface area contributed by atoms with Gasteiger partial charge in [-0.15, -0.1) is 0 Å². The molecule has 5 heteroatoms. The Bertz CT molecular complexity index is 533. The van der Waals surface area contributed by atoms with Crippen LogP contribution >= 0.6 is 0 Å². The van der Waals surface area contributed by atoms with Crippen molar-refractivity contribution in [1.82, 2.24) is 9.80 Å². The molecule has 0 amide bonds. The summed E-state index contributed by atoms with van der Waals surface area (Å²) < 4.78 is 13.6. The minimum absolute atomic E-state index is 0.0548. The molecule has 116 valence electrons.